The molecule has 1 aromatic rings. The summed E-state index contributed by atoms with van der Waals surface area (Å²) in [6, 6.07) is 5.47. The summed E-state index contributed by atoms with van der Waals surface area (Å²) in [4.78, 5) is 24.5. The summed E-state index contributed by atoms with van der Waals surface area (Å²) in [6.07, 6.45) is 0.421. The summed E-state index contributed by atoms with van der Waals surface area (Å²) in [7, 11) is 0. The Morgan fingerprint density at radius 1 is 1.47 bits per heavy atom. The number of rotatable bonds is 2. The Hall–Kier alpha value is -1.64. The Morgan fingerprint density at radius 3 is 2.80 bits per heavy atom. The molecule has 0 radical (unpaired) electrons. The van der Waals surface area contributed by atoms with Crippen molar-refractivity contribution >= 4 is 17.4 Å². The molecule has 0 unspecified atom stereocenters. The molecule has 0 fully saturated rings. The third-order valence-corrected chi connectivity index (χ3v) is 2.74. The molecule has 0 bridgehead atoms. The van der Waals surface area contributed by atoms with Crippen LogP contribution in [0.4, 0.5) is 5.69 Å². The number of carbonyl (C=O) groups excluding carboxylic acids is 2. The molecule has 0 saturated carbocycles. The second-order valence-corrected chi connectivity index (χ2v) is 3.71. The molecule has 3 nitrogen and oxygen atoms in total. The summed E-state index contributed by atoms with van der Waals surface area (Å²) in [5.41, 5.74) is 2.60. The summed E-state index contributed by atoms with van der Waals surface area (Å²) < 4.78 is 0. The lowest BCUT2D eigenvalue weighted by Gasteiger charge is -2.14. The maximum atomic E-state index is 11.6. The van der Waals surface area contributed by atoms with Crippen molar-refractivity contribution in [1.29, 1.82) is 0 Å². The molecule has 0 N–H and O–H groups in total. The smallest absolute Gasteiger partial charge is 0.231 e. The van der Waals surface area contributed by atoms with E-state index in [0.717, 1.165) is 11.3 Å². The SMILES string of the molecule is CCN1C(=O)Cc2cc(C(C)=O)ccc21. The molecule has 1 aliphatic rings. The minimum atomic E-state index is 0.0418. The van der Waals surface area contributed by atoms with Crippen LogP contribution in [0.1, 0.15) is 29.8 Å². The first-order valence-electron chi connectivity index (χ1n) is 5.07. The lowest BCUT2D eigenvalue weighted by molar-refractivity contribution is -0.117. The highest BCUT2D eigenvalue weighted by molar-refractivity contribution is 6.03. The molecule has 1 amide bonds. The van der Waals surface area contributed by atoms with Gasteiger partial charge in [0, 0.05) is 17.8 Å². The van der Waals surface area contributed by atoms with Gasteiger partial charge >= 0.3 is 0 Å². The number of ketones is 1. The fourth-order valence-electron chi connectivity index (χ4n) is 1.95. The highest BCUT2D eigenvalue weighted by atomic mass is 16.2. The zero-order valence-corrected chi connectivity index (χ0v) is 8.91. The number of carbonyl (C=O) groups is 2. The number of anilines is 1. The fraction of sp³-hybridized carbons (Fsp3) is 0.333. The number of Topliss-reactive ketones (excluding diaryl/α,β-unsaturated/α-hetero) is 1. The number of benzene rings is 1. The van der Waals surface area contributed by atoms with Gasteiger partial charge in [0.1, 0.15) is 0 Å². The Bertz CT molecular complexity index is 437. The van der Waals surface area contributed by atoms with Crippen LogP contribution in [0, 0.1) is 0 Å². The number of hydrogen-bond donors (Lipinski definition) is 0. The van der Waals surface area contributed by atoms with Gasteiger partial charge in [-0.25, -0.2) is 0 Å². The minimum Gasteiger partial charge on any atom is -0.312 e. The van der Waals surface area contributed by atoms with Gasteiger partial charge in [-0.15, -0.1) is 0 Å². The summed E-state index contributed by atoms with van der Waals surface area (Å²) >= 11 is 0. The van der Waals surface area contributed by atoms with E-state index in [2.05, 4.69) is 0 Å². The van der Waals surface area contributed by atoms with Gasteiger partial charge in [0.15, 0.2) is 5.78 Å². The number of fused-ring (bicyclic) bond motifs is 1. The first-order chi connectivity index (χ1) is 7.13. The normalized spacial score (nSPS) is 14.3. The number of amides is 1. The maximum Gasteiger partial charge on any atom is 0.231 e. The molecule has 0 aromatic heterocycles. The van der Waals surface area contributed by atoms with Gasteiger partial charge in [-0.3, -0.25) is 9.59 Å². The second-order valence-electron chi connectivity index (χ2n) is 3.71. The van der Waals surface area contributed by atoms with Crippen molar-refractivity contribution < 1.29 is 9.59 Å². The first kappa shape index (κ1) is 9.90. The van der Waals surface area contributed by atoms with Crippen LogP contribution in [0.5, 0.6) is 0 Å². The zero-order chi connectivity index (χ0) is 11.0. The molecule has 1 aliphatic heterocycles. The fourth-order valence-corrected chi connectivity index (χ4v) is 1.95. The Morgan fingerprint density at radius 2 is 2.20 bits per heavy atom. The van der Waals surface area contributed by atoms with Gasteiger partial charge in [0.25, 0.3) is 0 Å². The molecule has 0 spiro atoms. The molecule has 1 aromatic carbocycles. The Labute approximate surface area is 88.7 Å². The van der Waals surface area contributed by atoms with Gasteiger partial charge in [0.2, 0.25) is 5.91 Å². The third kappa shape index (κ3) is 1.54. The Balaban J connectivity index is 2.46. The largest absolute Gasteiger partial charge is 0.312 e. The predicted octanol–water partition coefficient (Wildman–Crippen LogP) is 1.80. The number of likely N-dealkylation sites (N-methyl/N-ethyl adjacent to an activating group) is 1. The molecular formula is C12H13NO2. The van der Waals surface area contributed by atoms with Crippen molar-refractivity contribution in [2.75, 3.05) is 11.4 Å². The standard InChI is InChI=1S/C12H13NO2/c1-3-13-11-5-4-9(8(2)14)6-10(11)7-12(13)15/h4-6H,3,7H2,1-2H3. The van der Waals surface area contributed by atoms with Crippen LogP contribution < -0.4 is 4.90 Å². The van der Waals surface area contributed by atoms with Crippen LogP contribution in [0.3, 0.4) is 0 Å². The zero-order valence-electron chi connectivity index (χ0n) is 8.91. The van der Waals surface area contributed by atoms with E-state index in [1.165, 1.54) is 6.92 Å². The minimum absolute atomic E-state index is 0.0418. The van der Waals surface area contributed by atoms with Gasteiger partial charge in [-0.05, 0) is 37.6 Å². The van der Waals surface area contributed by atoms with Gasteiger partial charge < -0.3 is 4.90 Å². The first-order valence-corrected chi connectivity index (χ1v) is 5.07. The van der Waals surface area contributed by atoms with E-state index in [9.17, 15) is 9.59 Å². The van der Waals surface area contributed by atoms with Crippen LogP contribution in [-0.4, -0.2) is 18.2 Å². The van der Waals surface area contributed by atoms with E-state index < -0.39 is 0 Å². The third-order valence-electron chi connectivity index (χ3n) is 2.74. The van der Waals surface area contributed by atoms with Crippen molar-refractivity contribution in [3.05, 3.63) is 29.3 Å². The topological polar surface area (TPSA) is 37.4 Å². The van der Waals surface area contributed by atoms with Gasteiger partial charge in [-0.1, -0.05) is 0 Å². The van der Waals surface area contributed by atoms with Crippen molar-refractivity contribution in [3.63, 3.8) is 0 Å². The monoisotopic (exact) mass is 203 g/mol. The van der Waals surface area contributed by atoms with E-state index in [4.69, 9.17) is 0 Å². The lowest BCUT2D eigenvalue weighted by Crippen LogP contribution is -2.25. The maximum absolute atomic E-state index is 11.6. The molecular weight excluding hydrogens is 190 g/mol. The van der Waals surface area contributed by atoms with E-state index in [1.54, 1.807) is 11.0 Å². The molecule has 2 rings (SSSR count). The molecule has 0 aliphatic carbocycles. The molecule has 1 heterocycles. The van der Waals surface area contributed by atoms with E-state index in [0.29, 0.717) is 18.5 Å². The summed E-state index contributed by atoms with van der Waals surface area (Å²) in [5, 5.41) is 0. The molecule has 3 heteroatoms. The van der Waals surface area contributed by atoms with Crippen molar-refractivity contribution in [2.45, 2.75) is 20.3 Å². The second kappa shape index (κ2) is 3.50. The van der Waals surface area contributed by atoms with E-state index in [-0.39, 0.29) is 11.7 Å². The molecule has 0 atom stereocenters. The predicted molar refractivity (Wildman–Crippen MR) is 58.2 cm³/mol. The van der Waals surface area contributed by atoms with E-state index >= 15 is 0 Å². The Kier molecular flexibility index (Phi) is 2.31. The van der Waals surface area contributed by atoms with Crippen molar-refractivity contribution in [2.24, 2.45) is 0 Å². The molecule has 15 heavy (non-hydrogen) atoms. The van der Waals surface area contributed by atoms with Crippen molar-refractivity contribution in [3.8, 4) is 0 Å². The highest BCUT2D eigenvalue weighted by Gasteiger charge is 2.25. The number of hydrogen-bond acceptors (Lipinski definition) is 2. The summed E-state index contributed by atoms with van der Waals surface area (Å²) in [5.74, 6) is 0.161. The number of nitrogens with zero attached hydrogens (tertiary/aromatic N) is 1. The van der Waals surface area contributed by atoms with Crippen LogP contribution in [0.15, 0.2) is 18.2 Å². The quantitative estimate of drug-likeness (QED) is 0.687. The molecule has 78 valence electrons. The average Bonchev–Trinajstić information content (AvgIpc) is 2.51. The lowest BCUT2D eigenvalue weighted by atomic mass is 10.1. The summed E-state index contributed by atoms with van der Waals surface area (Å²) in [6.45, 7) is 4.17. The van der Waals surface area contributed by atoms with Crippen LogP contribution in [0.2, 0.25) is 0 Å². The van der Waals surface area contributed by atoms with Crippen LogP contribution in [-0.2, 0) is 11.2 Å². The average molecular weight is 203 g/mol. The highest BCUT2D eigenvalue weighted by Crippen LogP contribution is 2.29. The molecule has 0 saturated heterocycles. The van der Waals surface area contributed by atoms with Gasteiger partial charge in [-0.2, -0.15) is 0 Å². The van der Waals surface area contributed by atoms with Crippen LogP contribution in [0.25, 0.3) is 0 Å². The van der Waals surface area contributed by atoms with E-state index in [1.807, 2.05) is 19.1 Å². The van der Waals surface area contributed by atoms with Gasteiger partial charge in [0.05, 0.1) is 6.42 Å². The van der Waals surface area contributed by atoms with Crippen LogP contribution >= 0.6 is 0 Å². The van der Waals surface area contributed by atoms with Crippen molar-refractivity contribution in [1.82, 2.24) is 0 Å².